The average Bonchev–Trinajstić information content (AvgIpc) is 2.31. The van der Waals surface area contributed by atoms with Gasteiger partial charge in [0.25, 0.3) is 0 Å². The zero-order chi connectivity index (χ0) is 13.3. The fraction of sp³-hybridized carbons (Fsp3) is 0.250. The highest BCUT2D eigenvalue weighted by molar-refractivity contribution is 5.51. The normalized spacial score (nSPS) is 12.4. The molecule has 1 atom stereocenters. The van der Waals surface area contributed by atoms with Gasteiger partial charge in [0.05, 0.1) is 0 Å². The minimum Gasteiger partial charge on any atom is -0.399 e. The van der Waals surface area contributed by atoms with Gasteiger partial charge < -0.3 is 11.5 Å². The number of aryl methyl sites for hydroxylation is 2. The van der Waals surface area contributed by atoms with E-state index in [1.165, 1.54) is 22.3 Å². The Morgan fingerprint density at radius 2 is 1.39 bits per heavy atom. The number of hydrogen-bond donors (Lipinski definition) is 2. The summed E-state index contributed by atoms with van der Waals surface area (Å²) < 4.78 is 0. The lowest BCUT2D eigenvalue weighted by atomic mass is 9.87. The smallest absolute Gasteiger partial charge is 0.0317 e. The standard InChI is InChI=1S/C16H20N2/c1-10-4-5-14(18)9-16(10)12(3)15-7-6-13(17)8-11(15)2/h4-9,12H,17-18H2,1-3H3. The van der Waals surface area contributed by atoms with Crippen LogP contribution in [-0.4, -0.2) is 0 Å². The van der Waals surface area contributed by atoms with Crippen LogP contribution in [0.1, 0.15) is 35.1 Å². The van der Waals surface area contributed by atoms with E-state index in [4.69, 9.17) is 11.5 Å². The molecule has 2 aromatic carbocycles. The van der Waals surface area contributed by atoms with Crippen LogP contribution in [0.4, 0.5) is 11.4 Å². The third-order valence-electron chi connectivity index (χ3n) is 3.53. The van der Waals surface area contributed by atoms with Crippen LogP contribution in [0.5, 0.6) is 0 Å². The molecule has 0 spiro atoms. The Balaban J connectivity index is 2.47. The molecule has 0 aliphatic carbocycles. The fourth-order valence-corrected chi connectivity index (χ4v) is 2.48. The van der Waals surface area contributed by atoms with Gasteiger partial charge in [-0.1, -0.05) is 19.1 Å². The van der Waals surface area contributed by atoms with Crippen LogP contribution in [0.2, 0.25) is 0 Å². The summed E-state index contributed by atoms with van der Waals surface area (Å²) in [5.74, 6) is 0.328. The van der Waals surface area contributed by atoms with Crippen LogP contribution in [0.15, 0.2) is 36.4 Å². The zero-order valence-corrected chi connectivity index (χ0v) is 11.2. The van der Waals surface area contributed by atoms with Crippen LogP contribution in [-0.2, 0) is 0 Å². The first kappa shape index (κ1) is 12.5. The highest BCUT2D eigenvalue weighted by atomic mass is 14.5. The summed E-state index contributed by atoms with van der Waals surface area (Å²) in [5.41, 5.74) is 18.4. The van der Waals surface area contributed by atoms with Gasteiger partial charge in [0, 0.05) is 17.3 Å². The second kappa shape index (κ2) is 4.73. The van der Waals surface area contributed by atoms with Gasteiger partial charge in [0.15, 0.2) is 0 Å². The summed E-state index contributed by atoms with van der Waals surface area (Å²) in [4.78, 5) is 0. The van der Waals surface area contributed by atoms with Crippen LogP contribution < -0.4 is 11.5 Å². The van der Waals surface area contributed by atoms with Crippen molar-refractivity contribution in [1.29, 1.82) is 0 Å². The van der Waals surface area contributed by atoms with Crippen molar-refractivity contribution in [3.8, 4) is 0 Å². The van der Waals surface area contributed by atoms with E-state index in [9.17, 15) is 0 Å². The van der Waals surface area contributed by atoms with E-state index < -0.39 is 0 Å². The van der Waals surface area contributed by atoms with Crippen molar-refractivity contribution < 1.29 is 0 Å². The summed E-state index contributed by atoms with van der Waals surface area (Å²) in [6, 6.07) is 12.2. The molecule has 2 heteroatoms. The van der Waals surface area contributed by atoms with E-state index in [0.29, 0.717) is 5.92 Å². The molecule has 18 heavy (non-hydrogen) atoms. The van der Waals surface area contributed by atoms with Crippen LogP contribution >= 0.6 is 0 Å². The molecule has 2 rings (SSSR count). The molecule has 2 aromatic rings. The molecule has 0 heterocycles. The maximum atomic E-state index is 5.89. The Kier molecular flexibility index (Phi) is 3.28. The first-order valence-corrected chi connectivity index (χ1v) is 6.21. The van der Waals surface area contributed by atoms with Gasteiger partial charge in [-0.15, -0.1) is 0 Å². The maximum Gasteiger partial charge on any atom is 0.0317 e. The second-order valence-electron chi connectivity index (χ2n) is 4.95. The minimum absolute atomic E-state index is 0.328. The van der Waals surface area contributed by atoms with Crippen LogP contribution in [0.25, 0.3) is 0 Å². The molecule has 0 bridgehead atoms. The lowest BCUT2D eigenvalue weighted by molar-refractivity contribution is 0.900. The van der Waals surface area contributed by atoms with E-state index in [-0.39, 0.29) is 0 Å². The predicted octanol–water partition coefficient (Wildman–Crippen LogP) is 3.62. The SMILES string of the molecule is Cc1cc(N)ccc1C(C)c1cc(N)ccc1C. The number of nitrogen functional groups attached to an aromatic ring is 2. The van der Waals surface area contributed by atoms with E-state index >= 15 is 0 Å². The summed E-state index contributed by atoms with van der Waals surface area (Å²) >= 11 is 0. The molecule has 4 N–H and O–H groups in total. The van der Waals surface area contributed by atoms with Crippen LogP contribution in [0.3, 0.4) is 0 Å². The second-order valence-corrected chi connectivity index (χ2v) is 4.95. The molecule has 0 saturated heterocycles. The minimum atomic E-state index is 0.328. The largest absolute Gasteiger partial charge is 0.399 e. The molecule has 0 aromatic heterocycles. The highest BCUT2D eigenvalue weighted by Gasteiger charge is 2.13. The van der Waals surface area contributed by atoms with Crippen molar-refractivity contribution in [3.05, 3.63) is 58.7 Å². The molecule has 0 saturated carbocycles. The monoisotopic (exact) mass is 240 g/mol. The van der Waals surface area contributed by atoms with Crippen molar-refractivity contribution in [2.75, 3.05) is 11.5 Å². The zero-order valence-electron chi connectivity index (χ0n) is 11.2. The van der Waals surface area contributed by atoms with Gasteiger partial charge in [-0.3, -0.25) is 0 Å². The summed E-state index contributed by atoms with van der Waals surface area (Å²) in [5, 5.41) is 0. The first-order chi connectivity index (χ1) is 8.49. The molecule has 0 fully saturated rings. The fourth-order valence-electron chi connectivity index (χ4n) is 2.48. The number of hydrogen-bond acceptors (Lipinski definition) is 2. The number of rotatable bonds is 2. The van der Waals surface area contributed by atoms with Gasteiger partial charge in [-0.25, -0.2) is 0 Å². The predicted molar refractivity (Wildman–Crippen MR) is 78.7 cm³/mol. The Morgan fingerprint density at radius 1 is 0.778 bits per heavy atom. The van der Waals surface area contributed by atoms with Gasteiger partial charge >= 0.3 is 0 Å². The third kappa shape index (κ3) is 2.33. The summed E-state index contributed by atoms with van der Waals surface area (Å²) in [6.45, 7) is 6.43. The van der Waals surface area contributed by atoms with Gasteiger partial charge in [0.1, 0.15) is 0 Å². The van der Waals surface area contributed by atoms with Crippen molar-refractivity contribution in [2.24, 2.45) is 0 Å². The van der Waals surface area contributed by atoms with Crippen molar-refractivity contribution in [1.82, 2.24) is 0 Å². The molecule has 0 radical (unpaired) electrons. The van der Waals surface area contributed by atoms with E-state index in [1.807, 2.05) is 18.2 Å². The van der Waals surface area contributed by atoms with E-state index in [1.54, 1.807) is 0 Å². The van der Waals surface area contributed by atoms with Gasteiger partial charge in [0.2, 0.25) is 0 Å². The topological polar surface area (TPSA) is 52.0 Å². The van der Waals surface area contributed by atoms with Crippen molar-refractivity contribution in [3.63, 3.8) is 0 Å². The summed E-state index contributed by atoms with van der Waals surface area (Å²) in [6.07, 6.45) is 0. The maximum absolute atomic E-state index is 5.89. The molecule has 0 aliphatic heterocycles. The molecular formula is C16H20N2. The van der Waals surface area contributed by atoms with Crippen molar-refractivity contribution >= 4 is 11.4 Å². The highest BCUT2D eigenvalue weighted by Crippen LogP contribution is 2.30. The molecule has 2 nitrogen and oxygen atoms in total. The average molecular weight is 240 g/mol. The van der Waals surface area contributed by atoms with E-state index in [0.717, 1.165) is 11.4 Å². The quantitative estimate of drug-likeness (QED) is 0.788. The molecule has 1 unspecified atom stereocenters. The van der Waals surface area contributed by atoms with Gasteiger partial charge in [-0.05, 0) is 60.4 Å². The van der Waals surface area contributed by atoms with E-state index in [2.05, 4.69) is 39.0 Å². The Bertz CT molecular complexity index is 573. The van der Waals surface area contributed by atoms with Gasteiger partial charge in [-0.2, -0.15) is 0 Å². The van der Waals surface area contributed by atoms with Crippen LogP contribution in [0, 0.1) is 13.8 Å². The Hall–Kier alpha value is -1.96. The molecule has 0 aliphatic rings. The third-order valence-corrected chi connectivity index (χ3v) is 3.53. The molecular weight excluding hydrogens is 220 g/mol. The lowest BCUT2D eigenvalue weighted by Gasteiger charge is -2.18. The first-order valence-electron chi connectivity index (χ1n) is 6.21. The number of benzene rings is 2. The number of nitrogens with two attached hydrogens (primary N) is 2. The van der Waals surface area contributed by atoms with Crippen molar-refractivity contribution in [2.45, 2.75) is 26.7 Å². The lowest BCUT2D eigenvalue weighted by Crippen LogP contribution is -2.03. The molecule has 94 valence electrons. The number of anilines is 2. The molecule has 0 amide bonds. The Labute approximate surface area is 109 Å². The summed E-state index contributed by atoms with van der Waals surface area (Å²) in [7, 11) is 0. The Morgan fingerprint density at radius 3 is 2.06 bits per heavy atom.